The molecule has 18 heavy (non-hydrogen) atoms. The highest BCUT2D eigenvalue weighted by molar-refractivity contribution is 5.70. The minimum absolute atomic E-state index is 0.271. The van der Waals surface area contributed by atoms with Crippen molar-refractivity contribution in [2.75, 3.05) is 14.2 Å². The molecule has 1 heterocycles. The molecular weight excluding hydrogens is 224 g/mol. The Morgan fingerprint density at radius 2 is 1.94 bits per heavy atom. The molecule has 1 aromatic heterocycles. The first-order valence-electron chi connectivity index (χ1n) is 6.03. The SMILES string of the molecule is CNC(C)c1ccccc1-c1ncccc1OC. The predicted octanol–water partition coefficient (Wildman–Crippen LogP) is 3.04. The molecule has 1 unspecified atom stereocenters. The first kappa shape index (κ1) is 12.6. The lowest BCUT2D eigenvalue weighted by molar-refractivity contribution is 0.414. The molecule has 2 aromatic rings. The van der Waals surface area contributed by atoms with Crippen LogP contribution in [0.4, 0.5) is 0 Å². The van der Waals surface area contributed by atoms with E-state index in [9.17, 15) is 0 Å². The first-order chi connectivity index (χ1) is 8.77. The summed E-state index contributed by atoms with van der Waals surface area (Å²) < 4.78 is 5.39. The molecule has 1 N–H and O–H groups in total. The smallest absolute Gasteiger partial charge is 0.145 e. The van der Waals surface area contributed by atoms with Gasteiger partial charge in [0.15, 0.2) is 0 Å². The first-order valence-corrected chi connectivity index (χ1v) is 6.03. The fourth-order valence-electron chi connectivity index (χ4n) is 2.00. The van der Waals surface area contributed by atoms with Gasteiger partial charge in [-0.05, 0) is 31.7 Å². The summed E-state index contributed by atoms with van der Waals surface area (Å²) in [5, 5.41) is 3.26. The van der Waals surface area contributed by atoms with Crippen LogP contribution in [0.25, 0.3) is 11.3 Å². The van der Waals surface area contributed by atoms with Crippen LogP contribution >= 0.6 is 0 Å². The third kappa shape index (κ3) is 2.36. The minimum atomic E-state index is 0.271. The lowest BCUT2D eigenvalue weighted by atomic mass is 9.98. The molecule has 94 valence electrons. The molecule has 0 radical (unpaired) electrons. The third-order valence-corrected chi connectivity index (χ3v) is 3.11. The van der Waals surface area contributed by atoms with Gasteiger partial charge in [-0.1, -0.05) is 24.3 Å². The van der Waals surface area contributed by atoms with Gasteiger partial charge in [0, 0.05) is 17.8 Å². The van der Waals surface area contributed by atoms with E-state index in [1.165, 1.54) is 5.56 Å². The van der Waals surface area contributed by atoms with Crippen molar-refractivity contribution in [3.63, 3.8) is 0 Å². The lowest BCUT2D eigenvalue weighted by Gasteiger charge is -2.16. The minimum Gasteiger partial charge on any atom is -0.494 e. The standard InChI is InChI=1S/C15H18N2O/c1-11(16-2)12-7-4-5-8-13(12)15-14(18-3)9-6-10-17-15/h4-11,16H,1-3H3. The van der Waals surface area contributed by atoms with E-state index >= 15 is 0 Å². The molecule has 2 rings (SSSR count). The summed E-state index contributed by atoms with van der Waals surface area (Å²) in [5.74, 6) is 0.799. The normalized spacial score (nSPS) is 12.2. The second-order valence-electron chi connectivity index (χ2n) is 4.15. The van der Waals surface area contributed by atoms with Crippen LogP contribution in [0.1, 0.15) is 18.5 Å². The van der Waals surface area contributed by atoms with Gasteiger partial charge in [0.2, 0.25) is 0 Å². The molecule has 0 saturated heterocycles. The van der Waals surface area contributed by atoms with Crippen molar-refractivity contribution in [1.29, 1.82) is 0 Å². The summed E-state index contributed by atoms with van der Waals surface area (Å²) in [5.41, 5.74) is 3.21. The van der Waals surface area contributed by atoms with Crippen molar-refractivity contribution in [1.82, 2.24) is 10.3 Å². The van der Waals surface area contributed by atoms with E-state index in [1.807, 2.05) is 31.3 Å². The number of benzene rings is 1. The van der Waals surface area contributed by atoms with E-state index in [2.05, 4.69) is 29.4 Å². The van der Waals surface area contributed by atoms with Gasteiger partial charge in [0.25, 0.3) is 0 Å². The van der Waals surface area contributed by atoms with E-state index in [0.29, 0.717) is 0 Å². The molecule has 0 aliphatic rings. The molecule has 3 nitrogen and oxygen atoms in total. The maximum atomic E-state index is 5.39. The predicted molar refractivity (Wildman–Crippen MR) is 73.7 cm³/mol. The van der Waals surface area contributed by atoms with Crippen molar-refractivity contribution in [2.45, 2.75) is 13.0 Å². The van der Waals surface area contributed by atoms with E-state index < -0.39 is 0 Å². The Morgan fingerprint density at radius 3 is 2.67 bits per heavy atom. The van der Waals surface area contributed by atoms with Crippen molar-refractivity contribution in [2.24, 2.45) is 0 Å². The van der Waals surface area contributed by atoms with Crippen LogP contribution < -0.4 is 10.1 Å². The van der Waals surface area contributed by atoms with Crippen LogP contribution in [0.3, 0.4) is 0 Å². The van der Waals surface area contributed by atoms with Crippen LogP contribution in [-0.4, -0.2) is 19.1 Å². The molecule has 1 aromatic carbocycles. The highest BCUT2D eigenvalue weighted by Gasteiger charge is 2.13. The number of pyridine rings is 1. The molecule has 3 heteroatoms. The van der Waals surface area contributed by atoms with Crippen LogP contribution in [-0.2, 0) is 0 Å². The van der Waals surface area contributed by atoms with Crippen LogP contribution in [0.2, 0.25) is 0 Å². The van der Waals surface area contributed by atoms with Crippen LogP contribution in [0.15, 0.2) is 42.6 Å². The Hall–Kier alpha value is -1.87. The number of hydrogen-bond donors (Lipinski definition) is 1. The Morgan fingerprint density at radius 1 is 1.17 bits per heavy atom. The second-order valence-corrected chi connectivity index (χ2v) is 4.15. The average molecular weight is 242 g/mol. The zero-order chi connectivity index (χ0) is 13.0. The van der Waals surface area contributed by atoms with Gasteiger partial charge in [0.1, 0.15) is 11.4 Å². The van der Waals surface area contributed by atoms with Gasteiger partial charge in [-0.3, -0.25) is 4.98 Å². The van der Waals surface area contributed by atoms with E-state index in [1.54, 1.807) is 13.3 Å². The van der Waals surface area contributed by atoms with Crippen molar-refractivity contribution in [3.8, 4) is 17.0 Å². The summed E-state index contributed by atoms with van der Waals surface area (Å²) in [4.78, 5) is 4.44. The van der Waals surface area contributed by atoms with Crippen molar-refractivity contribution in [3.05, 3.63) is 48.2 Å². The largest absolute Gasteiger partial charge is 0.494 e. The Balaban J connectivity index is 2.57. The van der Waals surface area contributed by atoms with Gasteiger partial charge in [-0.25, -0.2) is 0 Å². The topological polar surface area (TPSA) is 34.2 Å². The summed E-state index contributed by atoms with van der Waals surface area (Å²) in [6.07, 6.45) is 1.79. The molecule has 0 saturated carbocycles. The monoisotopic (exact) mass is 242 g/mol. The quantitative estimate of drug-likeness (QED) is 0.894. The summed E-state index contributed by atoms with van der Waals surface area (Å²) in [7, 11) is 3.63. The van der Waals surface area contributed by atoms with Crippen molar-refractivity contribution >= 4 is 0 Å². The van der Waals surface area contributed by atoms with Gasteiger partial charge < -0.3 is 10.1 Å². The summed E-state index contributed by atoms with van der Waals surface area (Å²) in [6, 6.07) is 12.3. The number of nitrogens with zero attached hydrogens (tertiary/aromatic N) is 1. The highest BCUT2D eigenvalue weighted by Crippen LogP contribution is 2.32. The summed E-state index contributed by atoms with van der Waals surface area (Å²) >= 11 is 0. The number of aromatic nitrogens is 1. The van der Waals surface area contributed by atoms with E-state index in [-0.39, 0.29) is 6.04 Å². The molecular formula is C15H18N2O. The fraction of sp³-hybridized carbons (Fsp3) is 0.267. The Labute approximate surface area is 108 Å². The molecule has 0 amide bonds. The Kier molecular flexibility index (Phi) is 3.95. The van der Waals surface area contributed by atoms with Crippen LogP contribution in [0.5, 0.6) is 5.75 Å². The third-order valence-electron chi connectivity index (χ3n) is 3.11. The molecule has 1 atom stereocenters. The van der Waals surface area contributed by atoms with Crippen LogP contribution in [0, 0.1) is 0 Å². The average Bonchev–Trinajstić information content (AvgIpc) is 2.46. The van der Waals surface area contributed by atoms with Gasteiger partial charge in [-0.15, -0.1) is 0 Å². The van der Waals surface area contributed by atoms with E-state index in [4.69, 9.17) is 4.74 Å². The summed E-state index contributed by atoms with van der Waals surface area (Å²) in [6.45, 7) is 2.13. The number of hydrogen-bond acceptors (Lipinski definition) is 3. The van der Waals surface area contributed by atoms with Gasteiger partial charge >= 0.3 is 0 Å². The zero-order valence-corrected chi connectivity index (χ0v) is 11.0. The van der Waals surface area contributed by atoms with E-state index in [0.717, 1.165) is 17.0 Å². The molecule has 0 aliphatic heterocycles. The highest BCUT2D eigenvalue weighted by atomic mass is 16.5. The number of ether oxygens (including phenoxy) is 1. The number of methoxy groups -OCH3 is 1. The molecule has 0 fully saturated rings. The molecule has 0 aliphatic carbocycles. The maximum absolute atomic E-state index is 5.39. The fourth-order valence-corrected chi connectivity index (χ4v) is 2.00. The van der Waals surface area contributed by atoms with Gasteiger partial charge in [-0.2, -0.15) is 0 Å². The molecule has 0 bridgehead atoms. The number of rotatable bonds is 4. The molecule has 0 spiro atoms. The van der Waals surface area contributed by atoms with Crippen molar-refractivity contribution < 1.29 is 4.74 Å². The second kappa shape index (κ2) is 5.65. The Bertz CT molecular complexity index is 525. The lowest BCUT2D eigenvalue weighted by Crippen LogP contribution is -2.13. The zero-order valence-electron chi connectivity index (χ0n) is 11.0. The maximum Gasteiger partial charge on any atom is 0.145 e. The number of nitrogens with one attached hydrogen (secondary N) is 1. The van der Waals surface area contributed by atoms with Gasteiger partial charge in [0.05, 0.1) is 7.11 Å².